The van der Waals surface area contributed by atoms with E-state index in [0.29, 0.717) is 13.0 Å². The topological polar surface area (TPSA) is 49.3 Å². The molecular weight excluding hydrogens is 290 g/mol. The van der Waals surface area contributed by atoms with Gasteiger partial charge in [0.2, 0.25) is 0 Å². The fraction of sp³-hybridized carbons (Fsp3) is 0.267. The quantitative estimate of drug-likeness (QED) is 0.910. The second-order valence-electron chi connectivity index (χ2n) is 4.74. The van der Waals surface area contributed by atoms with Gasteiger partial charge in [-0.1, -0.05) is 24.3 Å². The Bertz CT molecular complexity index is 612. The van der Waals surface area contributed by atoms with Crippen molar-refractivity contribution < 1.29 is 9.90 Å². The molecule has 2 heterocycles. The highest BCUT2D eigenvalue weighted by atomic mass is 32.2. The van der Waals surface area contributed by atoms with E-state index in [2.05, 4.69) is 5.32 Å². The molecule has 0 fully saturated rings. The van der Waals surface area contributed by atoms with E-state index in [1.54, 1.807) is 23.1 Å². The summed E-state index contributed by atoms with van der Waals surface area (Å²) in [5.74, 6) is 0.0302. The van der Waals surface area contributed by atoms with E-state index >= 15 is 0 Å². The maximum absolute atomic E-state index is 11.9. The molecule has 0 saturated heterocycles. The lowest BCUT2D eigenvalue weighted by Crippen LogP contribution is -2.50. The van der Waals surface area contributed by atoms with Crippen LogP contribution in [0.4, 0.5) is 0 Å². The molecule has 0 amide bonds. The Morgan fingerprint density at radius 2 is 2.15 bits per heavy atom. The van der Waals surface area contributed by atoms with E-state index in [0.717, 1.165) is 21.1 Å². The highest BCUT2D eigenvalue weighted by Crippen LogP contribution is 2.40. The molecule has 1 aromatic carbocycles. The van der Waals surface area contributed by atoms with Gasteiger partial charge in [0.25, 0.3) is 0 Å². The molecule has 2 aromatic rings. The largest absolute Gasteiger partial charge is 0.480 e. The molecule has 3 rings (SSSR count). The van der Waals surface area contributed by atoms with Gasteiger partial charge in [0, 0.05) is 22.1 Å². The van der Waals surface area contributed by atoms with Crippen LogP contribution >= 0.6 is 23.1 Å². The van der Waals surface area contributed by atoms with E-state index < -0.39 is 11.5 Å². The summed E-state index contributed by atoms with van der Waals surface area (Å²) in [4.78, 5) is 14.2. The van der Waals surface area contributed by atoms with Crippen molar-refractivity contribution >= 4 is 29.1 Å². The van der Waals surface area contributed by atoms with Gasteiger partial charge in [-0.3, -0.25) is 5.32 Å². The number of fused-ring (bicyclic) bond motifs is 1. The van der Waals surface area contributed by atoms with Crippen molar-refractivity contribution in [3.63, 3.8) is 0 Å². The van der Waals surface area contributed by atoms with Gasteiger partial charge in [-0.15, -0.1) is 23.1 Å². The Labute approximate surface area is 126 Å². The van der Waals surface area contributed by atoms with Crippen molar-refractivity contribution in [3.05, 3.63) is 52.2 Å². The van der Waals surface area contributed by atoms with Gasteiger partial charge in [-0.25, -0.2) is 4.79 Å². The van der Waals surface area contributed by atoms with Crippen LogP contribution in [0.5, 0.6) is 0 Å². The van der Waals surface area contributed by atoms with Gasteiger partial charge in [0.1, 0.15) is 5.54 Å². The number of thiophene rings is 1. The molecule has 20 heavy (non-hydrogen) atoms. The number of nitrogens with one attached hydrogen (secondary N) is 1. The molecule has 3 nitrogen and oxygen atoms in total. The van der Waals surface area contributed by atoms with Crippen LogP contribution in [0.15, 0.2) is 46.7 Å². The lowest BCUT2D eigenvalue weighted by molar-refractivity contribution is -0.145. The summed E-state index contributed by atoms with van der Waals surface area (Å²) in [6.45, 7) is 0.586. The van der Waals surface area contributed by atoms with Crippen LogP contribution in [0.25, 0.3) is 0 Å². The number of rotatable bonds is 4. The molecule has 0 spiro atoms. The van der Waals surface area contributed by atoms with Crippen LogP contribution in [-0.2, 0) is 16.9 Å². The molecule has 1 unspecified atom stereocenters. The number of thioether (sulfide) groups is 1. The molecule has 0 aliphatic carbocycles. The first-order valence-electron chi connectivity index (χ1n) is 6.45. The Morgan fingerprint density at radius 1 is 1.30 bits per heavy atom. The van der Waals surface area contributed by atoms with E-state index in [4.69, 9.17) is 0 Å². The van der Waals surface area contributed by atoms with E-state index in [1.165, 1.54) is 0 Å². The van der Waals surface area contributed by atoms with Crippen LogP contribution in [0.2, 0.25) is 0 Å². The fourth-order valence-corrected chi connectivity index (χ4v) is 4.37. The van der Waals surface area contributed by atoms with E-state index in [9.17, 15) is 9.90 Å². The first-order valence-corrected chi connectivity index (χ1v) is 8.32. The Morgan fingerprint density at radius 3 is 2.90 bits per heavy atom. The van der Waals surface area contributed by atoms with Crippen LogP contribution in [0, 0.1) is 0 Å². The number of hydrogen-bond acceptors (Lipinski definition) is 4. The zero-order valence-corrected chi connectivity index (χ0v) is 12.5. The van der Waals surface area contributed by atoms with Gasteiger partial charge in [0.05, 0.1) is 0 Å². The predicted octanol–water partition coefficient (Wildman–Crippen LogP) is 3.31. The van der Waals surface area contributed by atoms with Crippen LogP contribution in [0.3, 0.4) is 0 Å². The maximum atomic E-state index is 11.9. The number of hydrogen-bond donors (Lipinski definition) is 2. The monoisotopic (exact) mass is 305 g/mol. The summed E-state index contributed by atoms with van der Waals surface area (Å²) in [6, 6.07) is 11.8. The molecule has 104 valence electrons. The number of aliphatic carboxylic acids is 1. The zero-order chi connectivity index (χ0) is 14.0. The molecule has 1 aromatic heterocycles. The van der Waals surface area contributed by atoms with Crippen molar-refractivity contribution in [3.8, 4) is 0 Å². The summed E-state index contributed by atoms with van der Waals surface area (Å²) < 4.78 is 0. The predicted molar refractivity (Wildman–Crippen MR) is 82.3 cm³/mol. The zero-order valence-electron chi connectivity index (χ0n) is 10.8. The van der Waals surface area contributed by atoms with E-state index in [1.807, 2.05) is 41.8 Å². The molecule has 2 N–H and O–H groups in total. The normalized spacial score (nSPS) is 21.4. The summed E-state index contributed by atoms with van der Waals surface area (Å²) in [6.07, 6.45) is 0.607. The number of benzene rings is 1. The van der Waals surface area contributed by atoms with Crippen molar-refractivity contribution in [2.24, 2.45) is 0 Å². The van der Waals surface area contributed by atoms with Crippen molar-refractivity contribution in [1.29, 1.82) is 0 Å². The van der Waals surface area contributed by atoms with Gasteiger partial charge in [-0.2, -0.15) is 0 Å². The molecule has 1 aliphatic heterocycles. The highest BCUT2D eigenvalue weighted by Gasteiger charge is 2.43. The Kier molecular flexibility index (Phi) is 3.83. The van der Waals surface area contributed by atoms with Crippen LogP contribution < -0.4 is 5.32 Å². The van der Waals surface area contributed by atoms with Crippen LogP contribution in [-0.4, -0.2) is 16.8 Å². The number of carboxylic acid groups (broad SMARTS) is 1. The molecule has 0 radical (unpaired) electrons. The van der Waals surface area contributed by atoms with E-state index in [-0.39, 0.29) is 0 Å². The summed E-state index contributed by atoms with van der Waals surface area (Å²) >= 11 is 3.37. The molecule has 1 atom stereocenters. The number of carbonyl (C=O) groups is 1. The number of carboxylic acids is 1. The minimum Gasteiger partial charge on any atom is -0.480 e. The third-order valence-corrected chi connectivity index (χ3v) is 5.54. The van der Waals surface area contributed by atoms with Gasteiger partial charge in [0.15, 0.2) is 0 Å². The third-order valence-electron chi connectivity index (χ3n) is 3.59. The van der Waals surface area contributed by atoms with Crippen molar-refractivity contribution in [1.82, 2.24) is 5.32 Å². The highest BCUT2D eigenvalue weighted by molar-refractivity contribution is 7.99. The first kappa shape index (κ1) is 13.7. The maximum Gasteiger partial charge on any atom is 0.328 e. The Hall–Kier alpha value is -1.30. The third kappa shape index (κ3) is 2.37. The lowest BCUT2D eigenvalue weighted by atomic mass is 9.86. The van der Waals surface area contributed by atoms with Gasteiger partial charge < -0.3 is 5.11 Å². The smallest absolute Gasteiger partial charge is 0.328 e. The SMILES string of the molecule is O=C(O)C1(NCc2cccs2)CCSc2ccccc21. The second-order valence-corrected chi connectivity index (χ2v) is 6.91. The van der Waals surface area contributed by atoms with Crippen molar-refractivity contribution in [2.75, 3.05) is 5.75 Å². The molecule has 0 saturated carbocycles. The average Bonchev–Trinajstić information content (AvgIpc) is 2.98. The standard InChI is InChI=1S/C15H15NO2S2/c17-14(18)15(16-10-11-4-3-8-19-11)7-9-20-13-6-2-1-5-12(13)15/h1-6,8,16H,7,9-10H2,(H,17,18). The Balaban J connectivity index is 1.95. The van der Waals surface area contributed by atoms with Crippen LogP contribution in [0.1, 0.15) is 16.9 Å². The van der Waals surface area contributed by atoms with Crippen molar-refractivity contribution in [2.45, 2.75) is 23.4 Å². The molecule has 5 heteroatoms. The first-order chi connectivity index (χ1) is 9.72. The second kappa shape index (κ2) is 5.60. The minimum atomic E-state index is -0.966. The molecular formula is C15H15NO2S2. The minimum absolute atomic E-state index is 0.586. The fourth-order valence-electron chi connectivity index (χ4n) is 2.53. The van der Waals surface area contributed by atoms with Gasteiger partial charge >= 0.3 is 5.97 Å². The summed E-state index contributed by atoms with van der Waals surface area (Å²) in [5.41, 5.74) is -0.0773. The summed E-state index contributed by atoms with van der Waals surface area (Å²) in [5, 5.41) is 15.1. The summed E-state index contributed by atoms with van der Waals surface area (Å²) in [7, 11) is 0. The molecule has 1 aliphatic rings. The average molecular weight is 305 g/mol. The lowest BCUT2D eigenvalue weighted by Gasteiger charge is -2.35. The molecule has 0 bridgehead atoms. The van der Waals surface area contributed by atoms with Gasteiger partial charge in [-0.05, 0) is 29.5 Å².